The molecule has 0 radical (unpaired) electrons. The molecule has 1 aliphatic carbocycles. The second kappa shape index (κ2) is 2.98. The Morgan fingerprint density at radius 1 is 1.36 bits per heavy atom. The number of fused-ring (bicyclic) bond motifs is 1. The number of rotatable bonds is 3. The van der Waals surface area contributed by atoms with E-state index in [1.54, 1.807) is 0 Å². The van der Waals surface area contributed by atoms with Crippen molar-refractivity contribution in [2.24, 2.45) is 10.8 Å². The van der Waals surface area contributed by atoms with Gasteiger partial charge in [-0.05, 0) is 37.5 Å². The molecule has 1 heteroatoms. The predicted molar refractivity (Wildman–Crippen MR) is 61.4 cm³/mol. The third-order valence-corrected chi connectivity index (χ3v) is 5.06. The minimum Gasteiger partial charge on any atom is -0.297 e. The Balaban J connectivity index is 2.17. The first-order valence-electron chi connectivity index (χ1n) is 6.20. The first kappa shape index (κ1) is 10.5. The molecule has 0 amide bonds. The third kappa shape index (κ3) is 1.05. The molecule has 2 aliphatic heterocycles. The Morgan fingerprint density at radius 3 is 2.36 bits per heavy atom. The maximum atomic E-state index is 2.73. The van der Waals surface area contributed by atoms with Crippen molar-refractivity contribution in [2.45, 2.75) is 66.0 Å². The van der Waals surface area contributed by atoms with Crippen molar-refractivity contribution in [1.82, 2.24) is 4.90 Å². The third-order valence-electron chi connectivity index (χ3n) is 5.06. The van der Waals surface area contributed by atoms with Crippen LogP contribution in [-0.4, -0.2) is 23.5 Å². The second-order valence-corrected chi connectivity index (χ2v) is 6.24. The van der Waals surface area contributed by atoms with Gasteiger partial charge in [0.05, 0.1) is 0 Å². The lowest BCUT2D eigenvalue weighted by atomic mass is 9.50. The molecule has 0 aromatic carbocycles. The van der Waals surface area contributed by atoms with E-state index < -0.39 is 0 Å². The van der Waals surface area contributed by atoms with Gasteiger partial charge in [0.1, 0.15) is 0 Å². The van der Waals surface area contributed by atoms with Crippen LogP contribution in [0.3, 0.4) is 0 Å². The fraction of sp³-hybridized carbons (Fsp3) is 1.00. The molecule has 0 aromatic heterocycles. The van der Waals surface area contributed by atoms with Crippen molar-refractivity contribution in [3.8, 4) is 0 Å². The largest absolute Gasteiger partial charge is 0.297 e. The Bertz CT molecular complexity index is 231. The fourth-order valence-electron chi connectivity index (χ4n) is 3.89. The summed E-state index contributed by atoms with van der Waals surface area (Å²) in [7, 11) is 0. The predicted octanol–water partition coefficient (Wildman–Crippen LogP) is 3.30. The van der Waals surface area contributed by atoms with Gasteiger partial charge in [0.25, 0.3) is 0 Å². The van der Waals surface area contributed by atoms with Gasteiger partial charge in [-0.25, -0.2) is 0 Å². The molecular formula is C13H25N. The Hall–Kier alpha value is -0.0400. The van der Waals surface area contributed by atoms with E-state index >= 15 is 0 Å². The van der Waals surface area contributed by atoms with Crippen molar-refractivity contribution in [3.05, 3.63) is 0 Å². The molecule has 0 N–H and O–H groups in total. The number of hydrogen-bond acceptors (Lipinski definition) is 1. The highest BCUT2D eigenvalue weighted by Gasteiger charge is 2.67. The van der Waals surface area contributed by atoms with E-state index in [0.29, 0.717) is 10.8 Å². The molecule has 0 aromatic rings. The van der Waals surface area contributed by atoms with Crippen molar-refractivity contribution in [2.75, 3.05) is 6.54 Å². The lowest BCUT2D eigenvalue weighted by molar-refractivity contribution is -0.0338. The van der Waals surface area contributed by atoms with E-state index in [9.17, 15) is 0 Å². The SMILES string of the molecule is CCCC12CC(N(C(C)C)C1)C2(C)C. The van der Waals surface area contributed by atoms with E-state index in [2.05, 4.69) is 39.5 Å². The maximum Gasteiger partial charge on any atom is 0.0161 e. The zero-order valence-electron chi connectivity index (χ0n) is 10.4. The zero-order chi connectivity index (χ0) is 10.6. The summed E-state index contributed by atoms with van der Waals surface area (Å²) in [6.07, 6.45) is 4.24. The van der Waals surface area contributed by atoms with E-state index in [4.69, 9.17) is 0 Å². The number of nitrogens with zero attached hydrogens (tertiary/aromatic N) is 1. The van der Waals surface area contributed by atoms with Crippen molar-refractivity contribution in [1.29, 1.82) is 0 Å². The summed E-state index contributed by atoms with van der Waals surface area (Å²) in [6.45, 7) is 13.3. The molecule has 14 heavy (non-hydrogen) atoms. The summed E-state index contributed by atoms with van der Waals surface area (Å²) >= 11 is 0. The van der Waals surface area contributed by atoms with Crippen LogP contribution < -0.4 is 0 Å². The quantitative estimate of drug-likeness (QED) is 0.668. The summed E-state index contributed by atoms with van der Waals surface area (Å²) < 4.78 is 0. The first-order valence-corrected chi connectivity index (χ1v) is 6.20. The van der Waals surface area contributed by atoms with Gasteiger partial charge >= 0.3 is 0 Å². The summed E-state index contributed by atoms with van der Waals surface area (Å²) in [5.41, 5.74) is 1.24. The Morgan fingerprint density at radius 2 is 2.00 bits per heavy atom. The molecule has 3 aliphatic rings. The molecule has 2 atom stereocenters. The lowest BCUT2D eigenvalue weighted by Gasteiger charge is -2.54. The molecule has 3 rings (SSSR count). The molecule has 2 saturated heterocycles. The lowest BCUT2D eigenvalue weighted by Crippen LogP contribution is -2.54. The van der Waals surface area contributed by atoms with Crippen molar-refractivity contribution < 1.29 is 0 Å². The molecule has 1 nitrogen and oxygen atoms in total. The summed E-state index contributed by atoms with van der Waals surface area (Å²) in [4.78, 5) is 2.73. The molecule has 82 valence electrons. The molecular weight excluding hydrogens is 170 g/mol. The van der Waals surface area contributed by atoms with E-state index in [1.165, 1.54) is 25.8 Å². The van der Waals surface area contributed by atoms with Gasteiger partial charge in [-0.3, -0.25) is 4.90 Å². The normalized spacial score (nSPS) is 40.3. The van der Waals surface area contributed by atoms with Crippen LogP contribution in [0.5, 0.6) is 0 Å². The van der Waals surface area contributed by atoms with Gasteiger partial charge in [-0.2, -0.15) is 0 Å². The summed E-state index contributed by atoms with van der Waals surface area (Å²) in [6, 6.07) is 1.61. The van der Waals surface area contributed by atoms with Crippen LogP contribution in [0.15, 0.2) is 0 Å². The monoisotopic (exact) mass is 195 g/mol. The standard InChI is InChI=1S/C13H25N/c1-6-7-13-8-11(12(13,4)5)14(9-13)10(2)3/h10-11H,6-9H2,1-5H3. The average molecular weight is 195 g/mol. The van der Waals surface area contributed by atoms with Gasteiger partial charge in [-0.1, -0.05) is 27.2 Å². The average Bonchev–Trinajstić information content (AvgIpc) is 2.56. The molecule has 2 heterocycles. The molecule has 3 fully saturated rings. The Kier molecular flexibility index (Phi) is 2.23. The molecule has 1 saturated carbocycles. The highest BCUT2D eigenvalue weighted by molar-refractivity contribution is 5.19. The highest BCUT2D eigenvalue weighted by Crippen LogP contribution is 2.66. The van der Waals surface area contributed by atoms with E-state index in [0.717, 1.165) is 12.1 Å². The highest BCUT2D eigenvalue weighted by atomic mass is 15.3. The second-order valence-electron chi connectivity index (χ2n) is 6.24. The van der Waals surface area contributed by atoms with E-state index in [-0.39, 0.29) is 0 Å². The van der Waals surface area contributed by atoms with Crippen LogP contribution in [-0.2, 0) is 0 Å². The Labute approximate surface area is 88.9 Å². The van der Waals surface area contributed by atoms with Gasteiger partial charge < -0.3 is 0 Å². The number of hydrogen-bond donors (Lipinski definition) is 0. The first-order chi connectivity index (χ1) is 6.44. The molecule has 2 unspecified atom stereocenters. The van der Waals surface area contributed by atoms with E-state index in [1.807, 2.05) is 0 Å². The fourth-order valence-corrected chi connectivity index (χ4v) is 3.89. The van der Waals surface area contributed by atoms with Crippen LogP contribution in [0.4, 0.5) is 0 Å². The molecule has 0 spiro atoms. The topological polar surface area (TPSA) is 3.24 Å². The van der Waals surface area contributed by atoms with Gasteiger partial charge in [0.2, 0.25) is 0 Å². The van der Waals surface area contributed by atoms with Crippen molar-refractivity contribution >= 4 is 0 Å². The minimum absolute atomic E-state index is 0.577. The van der Waals surface area contributed by atoms with Crippen LogP contribution >= 0.6 is 0 Å². The van der Waals surface area contributed by atoms with Crippen LogP contribution in [0.2, 0.25) is 0 Å². The van der Waals surface area contributed by atoms with Gasteiger partial charge in [-0.15, -0.1) is 0 Å². The van der Waals surface area contributed by atoms with Crippen molar-refractivity contribution in [3.63, 3.8) is 0 Å². The summed E-state index contributed by atoms with van der Waals surface area (Å²) in [5.74, 6) is 0. The van der Waals surface area contributed by atoms with Crippen LogP contribution in [0.25, 0.3) is 0 Å². The summed E-state index contributed by atoms with van der Waals surface area (Å²) in [5, 5.41) is 0. The van der Waals surface area contributed by atoms with Gasteiger partial charge in [0, 0.05) is 18.6 Å². The van der Waals surface area contributed by atoms with Crippen LogP contribution in [0, 0.1) is 10.8 Å². The zero-order valence-corrected chi connectivity index (χ0v) is 10.4. The minimum atomic E-state index is 0.577. The van der Waals surface area contributed by atoms with Crippen LogP contribution in [0.1, 0.15) is 53.9 Å². The van der Waals surface area contributed by atoms with Gasteiger partial charge in [0.15, 0.2) is 0 Å². The smallest absolute Gasteiger partial charge is 0.0161 e. The maximum absolute atomic E-state index is 2.73. The molecule has 2 bridgehead atoms.